The Morgan fingerprint density at radius 1 is 1.12 bits per heavy atom. The highest BCUT2D eigenvalue weighted by atomic mass is 16.4. The van der Waals surface area contributed by atoms with Crippen molar-refractivity contribution in [1.82, 2.24) is 0 Å². The molecular weight excluding hydrogens is 222 g/mol. The predicted octanol–water partition coefficient (Wildman–Crippen LogP) is 1.85. The molecule has 0 fully saturated rings. The van der Waals surface area contributed by atoms with Crippen LogP contribution in [0.15, 0.2) is 35.6 Å². The zero-order valence-corrected chi connectivity index (χ0v) is 8.51. The third-order valence-corrected chi connectivity index (χ3v) is 2.49. The molecule has 1 aromatic rings. The van der Waals surface area contributed by atoms with Gasteiger partial charge in [0.05, 0.1) is 5.57 Å². The fraction of sp³-hybridized carbons (Fsp3) is 0. The van der Waals surface area contributed by atoms with E-state index < -0.39 is 23.1 Å². The second-order valence-electron chi connectivity index (χ2n) is 3.41. The fourth-order valence-electron chi connectivity index (χ4n) is 1.74. The Kier molecular flexibility index (Phi) is 2.33. The molecule has 0 atom stereocenters. The summed E-state index contributed by atoms with van der Waals surface area (Å²) in [7, 11) is 0. The zero-order chi connectivity index (χ0) is 12.6. The Morgan fingerprint density at radius 3 is 2.24 bits per heavy atom. The summed E-state index contributed by atoms with van der Waals surface area (Å²) in [5.41, 5.74) is -0.0949. The first-order valence-corrected chi connectivity index (χ1v) is 4.68. The number of aliphatic hydroxyl groups excluding tert-OH is 2. The standard InChI is InChI=1S/C12H7NO4/c13-5-8(12(16)17)9-6-3-1-2-4-7(6)10(14)11(9)15/h1-4,14-15H,(H,16,17). The maximum absolute atomic E-state index is 10.9. The lowest BCUT2D eigenvalue weighted by Gasteiger charge is -2.02. The molecule has 2 rings (SSSR count). The number of rotatable bonds is 1. The highest BCUT2D eigenvalue weighted by Gasteiger charge is 2.30. The molecule has 1 aliphatic carbocycles. The van der Waals surface area contributed by atoms with Gasteiger partial charge >= 0.3 is 5.97 Å². The van der Waals surface area contributed by atoms with Gasteiger partial charge in [0.2, 0.25) is 0 Å². The van der Waals surface area contributed by atoms with Gasteiger partial charge in [-0.1, -0.05) is 24.3 Å². The van der Waals surface area contributed by atoms with Gasteiger partial charge in [0.25, 0.3) is 0 Å². The number of carboxylic acid groups (broad SMARTS) is 1. The second kappa shape index (κ2) is 3.68. The van der Waals surface area contributed by atoms with E-state index in [0.29, 0.717) is 11.1 Å². The minimum absolute atomic E-state index is 0.145. The molecule has 0 bridgehead atoms. The van der Waals surface area contributed by atoms with Crippen LogP contribution in [0.1, 0.15) is 11.1 Å². The summed E-state index contributed by atoms with van der Waals surface area (Å²) in [6.45, 7) is 0. The highest BCUT2D eigenvalue weighted by molar-refractivity contribution is 6.09. The Labute approximate surface area is 96.2 Å². The van der Waals surface area contributed by atoms with Gasteiger partial charge in [-0.05, 0) is 5.56 Å². The Hall–Kier alpha value is -2.74. The number of carbonyl (C=O) groups is 1. The van der Waals surface area contributed by atoms with Crippen molar-refractivity contribution >= 4 is 17.3 Å². The minimum atomic E-state index is -1.45. The van der Waals surface area contributed by atoms with Crippen LogP contribution in [0, 0.1) is 11.3 Å². The number of aliphatic hydroxyl groups is 2. The van der Waals surface area contributed by atoms with E-state index in [4.69, 9.17) is 10.4 Å². The van der Waals surface area contributed by atoms with Crippen molar-refractivity contribution < 1.29 is 20.1 Å². The summed E-state index contributed by atoms with van der Waals surface area (Å²) in [5.74, 6) is -2.44. The average molecular weight is 229 g/mol. The molecule has 0 spiro atoms. The van der Waals surface area contributed by atoms with Crippen LogP contribution in [0.25, 0.3) is 11.3 Å². The van der Waals surface area contributed by atoms with Crippen LogP contribution in [0.3, 0.4) is 0 Å². The van der Waals surface area contributed by atoms with Gasteiger partial charge in [0.15, 0.2) is 11.5 Å². The molecule has 3 N–H and O–H groups in total. The molecule has 1 aromatic carbocycles. The highest BCUT2D eigenvalue weighted by Crippen LogP contribution is 2.40. The van der Waals surface area contributed by atoms with Crippen molar-refractivity contribution in [2.24, 2.45) is 0 Å². The maximum Gasteiger partial charge on any atom is 0.347 e. The van der Waals surface area contributed by atoms with Gasteiger partial charge in [-0.3, -0.25) is 0 Å². The van der Waals surface area contributed by atoms with Crippen LogP contribution < -0.4 is 0 Å². The molecule has 0 aromatic heterocycles. The van der Waals surface area contributed by atoms with Gasteiger partial charge in [-0.15, -0.1) is 0 Å². The van der Waals surface area contributed by atoms with Crippen LogP contribution in [-0.2, 0) is 4.79 Å². The van der Waals surface area contributed by atoms with E-state index in [1.165, 1.54) is 18.2 Å². The molecule has 0 saturated heterocycles. The monoisotopic (exact) mass is 229 g/mol. The van der Waals surface area contributed by atoms with E-state index in [2.05, 4.69) is 0 Å². The number of nitriles is 1. The number of carboxylic acids is 1. The molecule has 17 heavy (non-hydrogen) atoms. The molecule has 84 valence electrons. The molecule has 0 unspecified atom stereocenters. The van der Waals surface area contributed by atoms with Crippen LogP contribution in [0.4, 0.5) is 0 Å². The molecule has 0 radical (unpaired) electrons. The SMILES string of the molecule is N#CC(C(=O)O)=C1C(O)=C(O)c2ccccc21. The lowest BCUT2D eigenvalue weighted by atomic mass is 10.0. The first kappa shape index (κ1) is 10.8. The third-order valence-electron chi connectivity index (χ3n) is 2.49. The maximum atomic E-state index is 10.9. The molecule has 5 nitrogen and oxygen atoms in total. The van der Waals surface area contributed by atoms with Crippen LogP contribution >= 0.6 is 0 Å². The number of fused-ring (bicyclic) bond motifs is 1. The number of nitrogens with zero attached hydrogens (tertiary/aromatic N) is 1. The van der Waals surface area contributed by atoms with E-state index >= 15 is 0 Å². The molecular formula is C12H7NO4. The van der Waals surface area contributed by atoms with Gasteiger partial charge in [-0.25, -0.2) is 4.79 Å². The normalized spacial score (nSPS) is 16.4. The molecule has 0 aliphatic heterocycles. The number of hydrogen-bond acceptors (Lipinski definition) is 4. The van der Waals surface area contributed by atoms with Crippen molar-refractivity contribution in [1.29, 1.82) is 5.26 Å². The third kappa shape index (κ3) is 1.43. The number of aliphatic carboxylic acids is 1. The molecule has 5 heteroatoms. The van der Waals surface area contributed by atoms with E-state index in [0.717, 1.165) is 0 Å². The van der Waals surface area contributed by atoms with E-state index in [1.807, 2.05) is 0 Å². The summed E-state index contributed by atoms with van der Waals surface area (Å²) >= 11 is 0. The van der Waals surface area contributed by atoms with E-state index in [1.54, 1.807) is 12.1 Å². The van der Waals surface area contributed by atoms with Crippen LogP contribution in [-0.4, -0.2) is 21.3 Å². The van der Waals surface area contributed by atoms with Crippen molar-refractivity contribution in [3.63, 3.8) is 0 Å². The predicted molar refractivity (Wildman–Crippen MR) is 58.8 cm³/mol. The molecule has 0 amide bonds. The minimum Gasteiger partial charge on any atom is -0.504 e. The van der Waals surface area contributed by atoms with E-state index in [-0.39, 0.29) is 5.57 Å². The first-order chi connectivity index (χ1) is 8.07. The van der Waals surface area contributed by atoms with Gasteiger partial charge in [-0.2, -0.15) is 5.26 Å². The fourth-order valence-corrected chi connectivity index (χ4v) is 1.74. The van der Waals surface area contributed by atoms with Crippen molar-refractivity contribution in [3.8, 4) is 6.07 Å². The first-order valence-electron chi connectivity index (χ1n) is 4.68. The second-order valence-corrected chi connectivity index (χ2v) is 3.41. The summed E-state index contributed by atoms with van der Waals surface area (Å²) in [6.07, 6.45) is 0. The van der Waals surface area contributed by atoms with E-state index in [9.17, 15) is 15.0 Å². The lowest BCUT2D eigenvalue weighted by molar-refractivity contribution is -0.132. The summed E-state index contributed by atoms with van der Waals surface area (Å²) in [4.78, 5) is 10.9. The topological polar surface area (TPSA) is 102 Å². The zero-order valence-electron chi connectivity index (χ0n) is 8.51. The van der Waals surface area contributed by atoms with Gasteiger partial charge < -0.3 is 15.3 Å². The molecule has 1 aliphatic rings. The van der Waals surface area contributed by atoms with Crippen LogP contribution in [0.2, 0.25) is 0 Å². The van der Waals surface area contributed by atoms with Crippen molar-refractivity contribution in [2.75, 3.05) is 0 Å². The number of hydrogen-bond donors (Lipinski definition) is 3. The summed E-state index contributed by atoms with van der Waals surface area (Å²) in [5, 5.41) is 37.0. The van der Waals surface area contributed by atoms with Crippen molar-refractivity contribution in [2.45, 2.75) is 0 Å². The largest absolute Gasteiger partial charge is 0.504 e. The number of allylic oxidation sites excluding steroid dienone is 1. The Balaban J connectivity index is 2.83. The van der Waals surface area contributed by atoms with Gasteiger partial charge in [0, 0.05) is 5.56 Å². The van der Waals surface area contributed by atoms with Crippen molar-refractivity contribution in [3.05, 3.63) is 46.7 Å². The van der Waals surface area contributed by atoms with Crippen LogP contribution in [0.5, 0.6) is 0 Å². The lowest BCUT2D eigenvalue weighted by Crippen LogP contribution is -2.02. The summed E-state index contributed by atoms with van der Waals surface area (Å²) in [6, 6.07) is 7.84. The average Bonchev–Trinajstić information content (AvgIpc) is 2.56. The molecule has 0 saturated carbocycles. The Bertz CT molecular complexity index is 620. The molecule has 0 heterocycles. The summed E-state index contributed by atoms with van der Waals surface area (Å²) < 4.78 is 0. The number of benzene rings is 1. The smallest absolute Gasteiger partial charge is 0.347 e. The van der Waals surface area contributed by atoms with Gasteiger partial charge in [0.1, 0.15) is 11.6 Å². The quantitative estimate of drug-likeness (QED) is 0.503. The Morgan fingerprint density at radius 2 is 1.71 bits per heavy atom.